The van der Waals surface area contributed by atoms with Crippen molar-refractivity contribution in [1.29, 1.82) is 0 Å². The molecule has 2 nitrogen and oxygen atoms in total. The van der Waals surface area contributed by atoms with Crippen molar-refractivity contribution in [3.63, 3.8) is 0 Å². The van der Waals surface area contributed by atoms with E-state index in [4.69, 9.17) is 0 Å². The van der Waals surface area contributed by atoms with Crippen LogP contribution in [0, 0.1) is 5.41 Å². The summed E-state index contributed by atoms with van der Waals surface area (Å²) in [4.78, 5) is 13.2. The minimum Gasteiger partial charge on any atom is -0.358 e. The zero-order chi connectivity index (χ0) is 17.9. The van der Waals surface area contributed by atoms with Crippen molar-refractivity contribution in [3.8, 4) is 0 Å². The highest BCUT2D eigenvalue weighted by molar-refractivity contribution is 7.08. The number of benzene rings is 1. The summed E-state index contributed by atoms with van der Waals surface area (Å²) in [5.74, 6) is 0.372. The van der Waals surface area contributed by atoms with Crippen LogP contribution in [0.5, 0.6) is 0 Å². The van der Waals surface area contributed by atoms with Gasteiger partial charge in [-0.25, -0.2) is 0 Å². The summed E-state index contributed by atoms with van der Waals surface area (Å²) in [6.45, 7) is 4.39. The summed E-state index contributed by atoms with van der Waals surface area (Å²) < 4.78 is 0. The van der Waals surface area contributed by atoms with E-state index in [0.717, 1.165) is 30.5 Å². The number of hydrogen-bond donors (Lipinski definition) is 1. The van der Waals surface area contributed by atoms with Crippen LogP contribution in [-0.2, 0) is 11.2 Å². The number of carbonyl (C=O) groups is 1. The van der Waals surface area contributed by atoms with Gasteiger partial charge in [-0.2, -0.15) is 11.3 Å². The Morgan fingerprint density at radius 2 is 2.12 bits per heavy atom. The minimum absolute atomic E-state index is 0. The van der Waals surface area contributed by atoms with E-state index in [1.807, 2.05) is 0 Å². The second-order valence-electron chi connectivity index (χ2n) is 8.49. The van der Waals surface area contributed by atoms with Gasteiger partial charge in [-0.15, -0.1) is 0 Å². The molecule has 0 bridgehead atoms. The molecule has 5 rings (SSSR count). The quantitative estimate of drug-likeness (QED) is 0.658. The van der Waals surface area contributed by atoms with E-state index in [1.165, 1.54) is 27.9 Å². The number of allylic oxidation sites excluding steroid dienone is 3. The average Bonchev–Trinajstić information content (AvgIpc) is 3.13. The lowest BCUT2D eigenvalue weighted by atomic mass is 9.68. The Bertz CT molecular complexity index is 969. The van der Waals surface area contributed by atoms with Gasteiger partial charge in [0, 0.05) is 30.7 Å². The first-order valence-corrected chi connectivity index (χ1v) is 10.4. The average molecular weight is 364 g/mol. The number of anilines is 1. The van der Waals surface area contributed by atoms with Crippen molar-refractivity contribution >= 4 is 28.9 Å². The van der Waals surface area contributed by atoms with E-state index < -0.39 is 0 Å². The van der Waals surface area contributed by atoms with Gasteiger partial charge in [-0.05, 0) is 69.8 Å². The Morgan fingerprint density at radius 3 is 2.92 bits per heavy atom. The largest absolute Gasteiger partial charge is 0.358 e. The SMILES string of the molecule is CC1(C)CC(=O)C2=C(C1)Nc1ccc3c(c1C2c1ccsc1)C=CCC3.[HH]. The number of hydrogen-bond acceptors (Lipinski definition) is 3. The number of nitrogens with one attached hydrogen (secondary N) is 1. The monoisotopic (exact) mass is 363 g/mol. The van der Waals surface area contributed by atoms with Crippen LogP contribution in [0.1, 0.15) is 62.7 Å². The van der Waals surface area contributed by atoms with E-state index in [9.17, 15) is 4.79 Å². The van der Waals surface area contributed by atoms with Gasteiger partial charge in [0.25, 0.3) is 0 Å². The molecule has 1 atom stereocenters. The molecule has 1 aromatic carbocycles. The molecule has 3 heteroatoms. The topological polar surface area (TPSA) is 29.1 Å². The van der Waals surface area contributed by atoms with Gasteiger partial charge in [0.15, 0.2) is 5.78 Å². The van der Waals surface area contributed by atoms with Gasteiger partial charge >= 0.3 is 0 Å². The number of rotatable bonds is 1. The zero-order valence-electron chi connectivity index (χ0n) is 15.3. The second kappa shape index (κ2) is 5.68. The Morgan fingerprint density at radius 1 is 1.23 bits per heavy atom. The summed E-state index contributed by atoms with van der Waals surface area (Å²) >= 11 is 1.71. The highest BCUT2D eigenvalue weighted by Gasteiger charge is 2.41. The summed E-state index contributed by atoms with van der Waals surface area (Å²) in [6.07, 6.45) is 8.28. The van der Waals surface area contributed by atoms with E-state index in [0.29, 0.717) is 12.2 Å². The first-order chi connectivity index (χ1) is 12.5. The molecule has 1 unspecified atom stereocenters. The number of aryl methyl sites for hydroxylation is 1. The van der Waals surface area contributed by atoms with Gasteiger partial charge in [-0.3, -0.25) is 4.79 Å². The predicted molar refractivity (Wildman–Crippen MR) is 111 cm³/mol. The number of fused-ring (bicyclic) bond motifs is 3. The highest BCUT2D eigenvalue weighted by Crippen LogP contribution is 2.51. The van der Waals surface area contributed by atoms with Crippen LogP contribution in [0.3, 0.4) is 0 Å². The number of carbonyl (C=O) groups excluding carboxylic acids is 1. The van der Waals surface area contributed by atoms with Crippen LogP contribution in [0.15, 0.2) is 46.3 Å². The molecule has 2 aliphatic carbocycles. The van der Waals surface area contributed by atoms with Crippen LogP contribution < -0.4 is 5.32 Å². The molecular formula is C23H25NOS. The Labute approximate surface area is 160 Å². The maximum absolute atomic E-state index is 13.2. The van der Waals surface area contributed by atoms with Crippen molar-refractivity contribution in [3.05, 3.63) is 68.6 Å². The minimum atomic E-state index is 0. The van der Waals surface area contributed by atoms with E-state index in [2.05, 4.69) is 60.3 Å². The first-order valence-electron chi connectivity index (χ1n) is 9.41. The summed E-state index contributed by atoms with van der Waals surface area (Å²) in [7, 11) is 0. The fourth-order valence-corrected chi connectivity index (χ4v) is 5.50. The van der Waals surface area contributed by atoms with Crippen molar-refractivity contribution in [1.82, 2.24) is 0 Å². The molecule has 0 amide bonds. The molecule has 1 aliphatic heterocycles. The van der Waals surface area contributed by atoms with Crippen molar-refractivity contribution in [2.24, 2.45) is 5.41 Å². The van der Waals surface area contributed by atoms with Gasteiger partial charge in [0.2, 0.25) is 0 Å². The third-order valence-electron chi connectivity index (χ3n) is 5.90. The lowest BCUT2D eigenvalue weighted by Gasteiger charge is -2.40. The normalized spacial score (nSPS) is 23.2. The highest BCUT2D eigenvalue weighted by atomic mass is 32.1. The van der Waals surface area contributed by atoms with Crippen LogP contribution in [0.25, 0.3) is 6.08 Å². The number of Topliss-reactive ketones (excluding diaryl/α,β-unsaturated/α-hetero) is 1. The fourth-order valence-electron chi connectivity index (χ4n) is 4.82. The lowest BCUT2D eigenvalue weighted by Crippen LogP contribution is -2.34. The molecule has 26 heavy (non-hydrogen) atoms. The summed E-state index contributed by atoms with van der Waals surface area (Å²) in [5, 5.41) is 7.99. The molecule has 1 aromatic heterocycles. The fraction of sp³-hybridized carbons (Fsp3) is 0.348. The van der Waals surface area contributed by atoms with Crippen LogP contribution in [0.2, 0.25) is 0 Å². The summed E-state index contributed by atoms with van der Waals surface area (Å²) in [5.41, 5.74) is 8.61. The molecule has 0 saturated carbocycles. The van der Waals surface area contributed by atoms with Gasteiger partial charge in [0.05, 0.1) is 0 Å². The first kappa shape index (κ1) is 16.1. The zero-order valence-corrected chi connectivity index (χ0v) is 16.1. The van der Waals surface area contributed by atoms with Gasteiger partial charge in [0.1, 0.15) is 0 Å². The standard InChI is InChI=1S/C23H23NOS.H2/c1-23(2)11-18-22(19(25)12-23)20(15-9-10-26-13-15)21-16-6-4-3-5-14(16)7-8-17(21)24-18;/h4,6-10,13,20,24H,3,5,11-12H2,1-2H3;1H. The Balaban J connectivity index is 0.00000180. The van der Waals surface area contributed by atoms with Crippen molar-refractivity contribution in [2.75, 3.05) is 5.32 Å². The molecule has 2 aromatic rings. The number of ketones is 1. The maximum Gasteiger partial charge on any atom is 0.162 e. The Kier molecular flexibility index (Phi) is 3.51. The molecular weight excluding hydrogens is 338 g/mol. The van der Waals surface area contributed by atoms with Crippen molar-refractivity contribution < 1.29 is 6.22 Å². The molecule has 3 aliphatic rings. The Hall–Kier alpha value is -2.13. The third-order valence-corrected chi connectivity index (χ3v) is 6.60. The second-order valence-corrected chi connectivity index (χ2v) is 9.27. The van der Waals surface area contributed by atoms with Crippen molar-refractivity contribution in [2.45, 2.75) is 45.4 Å². The van der Waals surface area contributed by atoms with Gasteiger partial charge in [-0.1, -0.05) is 32.1 Å². The molecule has 1 N–H and O–H groups in total. The molecule has 2 heterocycles. The smallest absolute Gasteiger partial charge is 0.162 e. The maximum atomic E-state index is 13.2. The predicted octanol–water partition coefficient (Wildman–Crippen LogP) is 6.15. The van der Waals surface area contributed by atoms with E-state index >= 15 is 0 Å². The lowest BCUT2D eigenvalue weighted by molar-refractivity contribution is -0.118. The molecule has 0 fully saturated rings. The van der Waals surface area contributed by atoms with Crippen LogP contribution in [0.4, 0.5) is 5.69 Å². The van der Waals surface area contributed by atoms with E-state index in [-0.39, 0.29) is 12.8 Å². The molecule has 0 radical (unpaired) electrons. The number of thiophene rings is 1. The third kappa shape index (κ3) is 2.41. The van der Waals surface area contributed by atoms with Crippen LogP contribution >= 0.6 is 11.3 Å². The van der Waals surface area contributed by atoms with Crippen LogP contribution in [-0.4, -0.2) is 5.78 Å². The molecule has 134 valence electrons. The molecule has 0 spiro atoms. The van der Waals surface area contributed by atoms with E-state index in [1.54, 1.807) is 11.3 Å². The molecule has 0 saturated heterocycles. The summed E-state index contributed by atoms with van der Waals surface area (Å²) in [6, 6.07) is 6.67. The van der Waals surface area contributed by atoms with Gasteiger partial charge < -0.3 is 5.32 Å².